The van der Waals surface area contributed by atoms with Gasteiger partial charge in [0.05, 0.1) is 13.2 Å². The highest BCUT2D eigenvalue weighted by Crippen LogP contribution is 2.24. The molecule has 0 unspecified atom stereocenters. The summed E-state index contributed by atoms with van der Waals surface area (Å²) in [6.07, 6.45) is 7.98. The third kappa shape index (κ3) is 7.26. The molecule has 0 saturated carbocycles. The van der Waals surface area contributed by atoms with Gasteiger partial charge in [-0.2, -0.15) is 0 Å². The van der Waals surface area contributed by atoms with Crippen LogP contribution in [-0.2, 0) is 13.0 Å². The SMILES string of the molecule is C/C=C/c1oc(CO)cc(=O)c1OCCCCCOc1ccc(Cl)cc1CCC. The summed E-state index contributed by atoms with van der Waals surface area (Å²) in [5.74, 6) is 1.63. The van der Waals surface area contributed by atoms with Crippen LogP contribution in [0.4, 0.5) is 0 Å². The maximum Gasteiger partial charge on any atom is 0.227 e. The minimum atomic E-state index is -0.326. The summed E-state index contributed by atoms with van der Waals surface area (Å²) in [5, 5.41) is 9.90. The van der Waals surface area contributed by atoms with Crippen LogP contribution in [0.25, 0.3) is 6.08 Å². The molecule has 2 aromatic rings. The van der Waals surface area contributed by atoms with Gasteiger partial charge in [-0.15, -0.1) is 0 Å². The highest BCUT2D eigenvalue weighted by molar-refractivity contribution is 6.30. The lowest BCUT2D eigenvalue weighted by molar-refractivity contribution is 0.234. The Balaban J connectivity index is 1.78. The van der Waals surface area contributed by atoms with Gasteiger partial charge in [0.25, 0.3) is 0 Å². The van der Waals surface area contributed by atoms with Crippen LogP contribution in [-0.4, -0.2) is 18.3 Å². The topological polar surface area (TPSA) is 68.9 Å². The number of benzene rings is 1. The van der Waals surface area contributed by atoms with Crippen molar-refractivity contribution in [2.24, 2.45) is 0 Å². The summed E-state index contributed by atoms with van der Waals surface area (Å²) in [5.41, 5.74) is 0.848. The Hall–Kier alpha value is -2.24. The molecule has 1 heterocycles. The summed E-state index contributed by atoms with van der Waals surface area (Å²) in [6, 6.07) is 6.99. The molecular formula is C23H29ClO5. The second-order valence-corrected chi connectivity index (χ2v) is 7.12. The van der Waals surface area contributed by atoms with Crippen LogP contribution >= 0.6 is 11.6 Å². The van der Waals surface area contributed by atoms with E-state index in [1.165, 1.54) is 6.07 Å². The molecule has 0 fully saturated rings. The second-order valence-electron chi connectivity index (χ2n) is 6.69. The number of rotatable bonds is 12. The Morgan fingerprint density at radius 2 is 1.90 bits per heavy atom. The average molecular weight is 421 g/mol. The van der Waals surface area contributed by atoms with Crippen molar-refractivity contribution in [3.05, 3.63) is 62.7 Å². The highest BCUT2D eigenvalue weighted by atomic mass is 35.5. The van der Waals surface area contributed by atoms with E-state index >= 15 is 0 Å². The lowest BCUT2D eigenvalue weighted by Crippen LogP contribution is -2.11. The van der Waals surface area contributed by atoms with Crippen LogP contribution in [0.3, 0.4) is 0 Å². The molecule has 158 valence electrons. The number of aryl methyl sites for hydroxylation is 1. The first kappa shape index (κ1) is 23.0. The number of unbranched alkanes of at least 4 members (excludes halogenated alkanes) is 2. The molecule has 2 rings (SSSR count). The maximum atomic E-state index is 12.2. The Kier molecular flexibility index (Phi) is 9.81. The predicted molar refractivity (Wildman–Crippen MR) is 116 cm³/mol. The maximum absolute atomic E-state index is 12.2. The van der Waals surface area contributed by atoms with Crippen LogP contribution in [0.1, 0.15) is 56.6 Å². The molecule has 0 aliphatic rings. The van der Waals surface area contributed by atoms with Gasteiger partial charge in [-0.1, -0.05) is 31.0 Å². The van der Waals surface area contributed by atoms with Gasteiger partial charge in [0, 0.05) is 11.1 Å². The molecule has 0 aliphatic heterocycles. The van der Waals surface area contributed by atoms with E-state index in [9.17, 15) is 4.79 Å². The number of allylic oxidation sites excluding steroid dienone is 1. The zero-order valence-corrected chi connectivity index (χ0v) is 17.8. The quantitative estimate of drug-likeness (QED) is 0.465. The van der Waals surface area contributed by atoms with Crippen LogP contribution in [0.15, 0.2) is 39.6 Å². The molecule has 0 radical (unpaired) electrons. The van der Waals surface area contributed by atoms with Crippen molar-refractivity contribution < 1.29 is 19.0 Å². The standard InChI is InChI=1S/C23H29ClO5/c1-3-8-17-14-18(24)10-11-21(17)27-12-6-5-7-13-28-23-20(26)15-19(16-25)29-22(23)9-4-2/h4,9-11,14-15,25H,3,5-8,12-13,16H2,1-2H3/b9-4+. The Bertz CT molecular complexity index is 857. The molecule has 0 amide bonds. The van der Waals surface area contributed by atoms with Gasteiger partial charge in [-0.3, -0.25) is 4.79 Å². The van der Waals surface area contributed by atoms with Crippen LogP contribution in [0.2, 0.25) is 5.02 Å². The number of aliphatic hydroxyl groups is 1. The summed E-state index contributed by atoms with van der Waals surface area (Å²) in [6.45, 7) is 4.66. The number of ether oxygens (including phenoxy) is 2. The molecule has 0 saturated heterocycles. The van der Waals surface area contributed by atoms with E-state index < -0.39 is 0 Å². The van der Waals surface area contributed by atoms with E-state index in [2.05, 4.69) is 6.92 Å². The minimum Gasteiger partial charge on any atom is -0.493 e. The van der Waals surface area contributed by atoms with Gasteiger partial charge >= 0.3 is 0 Å². The molecule has 0 spiro atoms. The van der Waals surface area contributed by atoms with E-state index in [1.54, 1.807) is 12.2 Å². The lowest BCUT2D eigenvalue weighted by atomic mass is 10.1. The molecule has 0 atom stereocenters. The Labute approximate surface area is 176 Å². The smallest absolute Gasteiger partial charge is 0.227 e. The third-order valence-electron chi connectivity index (χ3n) is 4.29. The van der Waals surface area contributed by atoms with Crippen molar-refractivity contribution >= 4 is 17.7 Å². The van der Waals surface area contributed by atoms with E-state index in [1.807, 2.05) is 25.1 Å². The van der Waals surface area contributed by atoms with Gasteiger partial charge in [0.2, 0.25) is 11.2 Å². The fourth-order valence-electron chi connectivity index (χ4n) is 2.92. The first-order chi connectivity index (χ1) is 14.1. The van der Waals surface area contributed by atoms with Crippen molar-refractivity contribution in [3.63, 3.8) is 0 Å². The largest absolute Gasteiger partial charge is 0.493 e. The number of hydrogen-bond donors (Lipinski definition) is 1. The first-order valence-electron chi connectivity index (χ1n) is 10.0. The average Bonchev–Trinajstić information content (AvgIpc) is 2.70. The monoisotopic (exact) mass is 420 g/mol. The van der Waals surface area contributed by atoms with Gasteiger partial charge in [0.15, 0.2) is 5.76 Å². The fraction of sp³-hybridized carbons (Fsp3) is 0.435. The number of aliphatic hydroxyl groups excluding tert-OH is 1. The lowest BCUT2D eigenvalue weighted by Gasteiger charge is -2.12. The van der Waals surface area contributed by atoms with Gasteiger partial charge in [-0.05, 0) is 62.4 Å². The molecule has 6 heteroatoms. The highest BCUT2D eigenvalue weighted by Gasteiger charge is 2.11. The van der Waals surface area contributed by atoms with Gasteiger partial charge in [-0.25, -0.2) is 0 Å². The zero-order chi connectivity index (χ0) is 21.1. The zero-order valence-electron chi connectivity index (χ0n) is 17.1. The minimum absolute atomic E-state index is 0.182. The third-order valence-corrected chi connectivity index (χ3v) is 4.52. The van der Waals surface area contributed by atoms with E-state index in [-0.39, 0.29) is 23.5 Å². The van der Waals surface area contributed by atoms with Crippen molar-refractivity contribution in [2.45, 2.75) is 52.6 Å². The van der Waals surface area contributed by atoms with Gasteiger partial charge < -0.3 is 19.0 Å². The molecule has 5 nitrogen and oxygen atoms in total. The fourth-order valence-corrected chi connectivity index (χ4v) is 3.12. The summed E-state index contributed by atoms with van der Waals surface area (Å²) in [4.78, 5) is 12.2. The molecule has 1 aromatic heterocycles. The van der Waals surface area contributed by atoms with E-state index in [0.717, 1.165) is 48.4 Å². The van der Waals surface area contributed by atoms with Crippen molar-refractivity contribution in [1.82, 2.24) is 0 Å². The van der Waals surface area contributed by atoms with E-state index in [4.69, 9.17) is 30.6 Å². The molecule has 1 N–H and O–H groups in total. The normalized spacial score (nSPS) is 11.2. The molecule has 0 bridgehead atoms. The Morgan fingerprint density at radius 3 is 2.59 bits per heavy atom. The summed E-state index contributed by atoms with van der Waals surface area (Å²) >= 11 is 6.07. The van der Waals surface area contributed by atoms with Crippen molar-refractivity contribution in [3.8, 4) is 11.5 Å². The number of hydrogen-bond acceptors (Lipinski definition) is 5. The van der Waals surface area contributed by atoms with Gasteiger partial charge in [0.1, 0.15) is 18.1 Å². The van der Waals surface area contributed by atoms with Crippen molar-refractivity contribution in [1.29, 1.82) is 0 Å². The van der Waals surface area contributed by atoms with Crippen molar-refractivity contribution in [2.75, 3.05) is 13.2 Å². The molecule has 29 heavy (non-hydrogen) atoms. The number of halogens is 1. The molecule has 1 aromatic carbocycles. The van der Waals surface area contributed by atoms with Crippen LogP contribution in [0.5, 0.6) is 11.5 Å². The molecular weight excluding hydrogens is 392 g/mol. The van der Waals surface area contributed by atoms with Crippen LogP contribution < -0.4 is 14.9 Å². The first-order valence-corrected chi connectivity index (χ1v) is 10.4. The second kappa shape index (κ2) is 12.3. The molecule has 0 aliphatic carbocycles. The predicted octanol–water partition coefficient (Wildman–Crippen LogP) is 5.40. The Morgan fingerprint density at radius 1 is 1.14 bits per heavy atom. The summed E-state index contributed by atoms with van der Waals surface area (Å²) in [7, 11) is 0. The summed E-state index contributed by atoms with van der Waals surface area (Å²) < 4.78 is 17.0. The van der Waals surface area contributed by atoms with E-state index in [0.29, 0.717) is 19.0 Å². The van der Waals surface area contributed by atoms with Crippen LogP contribution in [0, 0.1) is 0 Å².